The van der Waals surface area contributed by atoms with Crippen LogP contribution in [-0.4, -0.2) is 56.3 Å². The summed E-state index contributed by atoms with van der Waals surface area (Å²) in [6, 6.07) is 11.1. The van der Waals surface area contributed by atoms with Crippen LogP contribution in [0.4, 0.5) is 5.69 Å². The van der Waals surface area contributed by atoms with Gasteiger partial charge in [0.15, 0.2) is 0 Å². The van der Waals surface area contributed by atoms with E-state index in [0.717, 1.165) is 25.2 Å². The van der Waals surface area contributed by atoms with Crippen molar-refractivity contribution in [2.45, 2.75) is 16.7 Å². The Kier molecular flexibility index (Phi) is 7.41. The predicted octanol–water partition coefficient (Wildman–Crippen LogP) is 1.06. The van der Waals surface area contributed by atoms with Gasteiger partial charge in [-0.05, 0) is 36.8 Å². The molecule has 11 nitrogen and oxygen atoms in total. The fourth-order valence-corrected chi connectivity index (χ4v) is 6.47. The number of benzene rings is 2. The fourth-order valence-electron chi connectivity index (χ4n) is 3.26. The van der Waals surface area contributed by atoms with Gasteiger partial charge in [0, 0.05) is 0 Å². The van der Waals surface area contributed by atoms with Crippen LogP contribution in [0.1, 0.15) is 5.56 Å². The Bertz CT molecular complexity index is 1370. The molecule has 1 aliphatic heterocycles. The third-order valence-corrected chi connectivity index (χ3v) is 8.35. The highest BCUT2D eigenvalue weighted by Crippen LogP contribution is 2.32. The molecule has 0 spiro atoms. The summed E-state index contributed by atoms with van der Waals surface area (Å²) in [5.41, 5.74) is 0.0308. The van der Waals surface area contributed by atoms with Gasteiger partial charge in [0.1, 0.15) is 17.3 Å². The molecule has 0 saturated heterocycles. The van der Waals surface area contributed by atoms with Gasteiger partial charge in [-0.3, -0.25) is 0 Å². The number of para-hydroxylation sites is 1. The van der Waals surface area contributed by atoms with Crippen LogP contribution in [0.5, 0.6) is 0 Å². The van der Waals surface area contributed by atoms with Crippen molar-refractivity contribution >= 4 is 37.7 Å². The van der Waals surface area contributed by atoms with Gasteiger partial charge in [-0.25, -0.2) is 26.4 Å². The van der Waals surface area contributed by atoms with E-state index in [2.05, 4.69) is 0 Å². The number of esters is 2. The molecule has 0 saturated carbocycles. The Balaban J connectivity index is 2.12. The Morgan fingerprint density at radius 1 is 0.941 bits per heavy atom. The largest absolute Gasteiger partial charge is 0.466 e. The zero-order chi connectivity index (χ0) is 25.1. The van der Waals surface area contributed by atoms with Crippen LogP contribution in [-0.2, 0) is 43.8 Å². The first-order valence-electron chi connectivity index (χ1n) is 9.71. The van der Waals surface area contributed by atoms with Gasteiger partial charge in [-0.2, -0.15) is 0 Å². The van der Waals surface area contributed by atoms with Crippen molar-refractivity contribution in [3.05, 3.63) is 65.4 Å². The molecule has 0 atom stereocenters. The number of nitrogens with zero attached hydrogens (tertiary/aromatic N) is 1. The smallest absolute Gasteiger partial charge is 0.355 e. The highest BCUT2D eigenvalue weighted by Gasteiger charge is 2.36. The van der Waals surface area contributed by atoms with E-state index in [1.54, 1.807) is 17.1 Å². The Morgan fingerprint density at radius 3 is 2.26 bits per heavy atom. The van der Waals surface area contributed by atoms with Crippen molar-refractivity contribution in [2.75, 3.05) is 32.5 Å². The van der Waals surface area contributed by atoms with Crippen molar-refractivity contribution < 1.29 is 40.6 Å². The van der Waals surface area contributed by atoms with Gasteiger partial charge < -0.3 is 19.1 Å². The molecule has 34 heavy (non-hydrogen) atoms. The minimum absolute atomic E-state index is 0.115. The van der Waals surface area contributed by atoms with Gasteiger partial charge >= 0.3 is 11.9 Å². The van der Waals surface area contributed by atoms with E-state index >= 15 is 0 Å². The maximum absolute atomic E-state index is 13.2. The molecule has 0 amide bonds. The third kappa shape index (κ3) is 5.12. The number of sulfonamides is 2. The highest BCUT2D eigenvalue weighted by atomic mass is 32.3. The zero-order valence-electron chi connectivity index (χ0n) is 18.5. The number of nitrogens with one attached hydrogen (secondary N) is 1. The Hall–Kier alpha value is -3.26. The monoisotopic (exact) mass is 510 g/mol. The SMILES string of the molecule is COC(=O)C1=C(C(=O)OC)N(c2ccccc2S(=O)(=O)NS(=O)(=O)c2cccc(C)c2)COC1. The van der Waals surface area contributed by atoms with Gasteiger partial charge in [0.2, 0.25) is 0 Å². The summed E-state index contributed by atoms with van der Waals surface area (Å²) in [4.78, 5) is 25.2. The molecule has 2 aromatic rings. The lowest BCUT2D eigenvalue weighted by atomic mass is 10.1. The van der Waals surface area contributed by atoms with E-state index in [4.69, 9.17) is 14.2 Å². The third-order valence-electron chi connectivity index (χ3n) is 4.80. The number of carbonyl (C=O) groups is 2. The second-order valence-corrected chi connectivity index (χ2v) is 10.7. The van der Waals surface area contributed by atoms with E-state index < -0.39 is 36.9 Å². The van der Waals surface area contributed by atoms with E-state index in [1.165, 1.54) is 36.4 Å². The number of anilines is 1. The van der Waals surface area contributed by atoms with E-state index in [1.807, 2.05) is 0 Å². The number of rotatable bonds is 7. The topological polar surface area (TPSA) is 145 Å². The minimum Gasteiger partial charge on any atom is -0.466 e. The van der Waals surface area contributed by atoms with E-state index in [-0.39, 0.29) is 35.2 Å². The molecular weight excluding hydrogens is 488 g/mol. The molecule has 1 heterocycles. The number of methoxy groups -OCH3 is 2. The fraction of sp³-hybridized carbons (Fsp3) is 0.238. The molecule has 1 aliphatic rings. The summed E-state index contributed by atoms with van der Waals surface area (Å²) in [6.07, 6.45) is 0. The van der Waals surface area contributed by atoms with Crippen LogP contribution in [0.15, 0.2) is 69.6 Å². The average Bonchev–Trinajstić information content (AvgIpc) is 2.82. The lowest BCUT2D eigenvalue weighted by molar-refractivity contribution is -0.140. The second-order valence-electron chi connectivity index (χ2n) is 7.09. The Labute approximate surface area is 197 Å². The van der Waals surface area contributed by atoms with Crippen molar-refractivity contribution in [3.63, 3.8) is 0 Å². The molecule has 0 aliphatic carbocycles. The molecule has 0 radical (unpaired) electrons. The van der Waals surface area contributed by atoms with Crippen LogP contribution >= 0.6 is 0 Å². The van der Waals surface area contributed by atoms with Crippen LogP contribution in [0.3, 0.4) is 0 Å². The van der Waals surface area contributed by atoms with Crippen molar-refractivity contribution in [1.82, 2.24) is 4.13 Å². The molecule has 0 fully saturated rings. The van der Waals surface area contributed by atoms with Crippen LogP contribution < -0.4 is 9.03 Å². The lowest BCUT2D eigenvalue weighted by Crippen LogP contribution is -2.40. The van der Waals surface area contributed by atoms with Gasteiger partial charge in [0.05, 0.1) is 37.0 Å². The maximum Gasteiger partial charge on any atom is 0.355 e. The number of hydrogen-bond acceptors (Lipinski definition) is 10. The van der Waals surface area contributed by atoms with E-state index in [0.29, 0.717) is 5.56 Å². The first-order valence-corrected chi connectivity index (χ1v) is 12.7. The molecule has 3 rings (SSSR count). The van der Waals surface area contributed by atoms with Crippen molar-refractivity contribution in [2.24, 2.45) is 0 Å². The normalized spacial score (nSPS) is 14.6. The molecule has 182 valence electrons. The van der Waals surface area contributed by atoms with E-state index in [9.17, 15) is 26.4 Å². The van der Waals surface area contributed by atoms with Gasteiger partial charge in [-0.1, -0.05) is 24.3 Å². The number of ether oxygens (including phenoxy) is 3. The first kappa shape index (κ1) is 25.4. The van der Waals surface area contributed by atoms with Crippen molar-refractivity contribution in [3.8, 4) is 0 Å². The number of aryl methyl sites for hydroxylation is 1. The lowest BCUT2D eigenvalue weighted by Gasteiger charge is -2.32. The summed E-state index contributed by atoms with van der Waals surface area (Å²) < 4.78 is 68.6. The minimum atomic E-state index is -4.68. The quantitative estimate of drug-likeness (QED) is 0.537. The van der Waals surface area contributed by atoms with Crippen LogP contribution in [0.25, 0.3) is 0 Å². The second kappa shape index (κ2) is 9.93. The van der Waals surface area contributed by atoms with Gasteiger partial charge in [0.25, 0.3) is 20.0 Å². The average molecular weight is 511 g/mol. The van der Waals surface area contributed by atoms with Crippen LogP contribution in [0, 0.1) is 6.92 Å². The first-order chi connectivity index (χ1) is 16.0. The molecule has 0 unspecified atom stereocenters. The molecule has 13 heteroatoms. The summed E-state index contributed by atoms with van der Waals surface area (Å²) in [5.74, 6) is -1.80. The molecule has 0 bridgehead atoms. The summed E-state index contributed by atoms with van der Waals surface area (Å²) in [6.45, 7) is 1.07. The zero-order valence-corrected chi connectivity index (χ0v) is 20.1. The number of carbonyl (C=O) groups excluding carboxylic acids is 2. The van der Waals surface area contributed by atoms with Crippen LogP contribution in [0.2, 0.25) is 0 Å². The highest BCUT2D eigenvalue weighted by molar-refractivity contribution is 8.04. The summed E-state index contributed by atoms with van der Waals surface area (Å²) in [5, 5.41) is 0. The van der Waals surface area contributed by atoms with Gasteiger partial charge in [-0.15, -0.1) is 4.13 Å². The summed E-state index contributed by atoms with van der Waals surface area (Å²) in [7, 11) is -6.94. The molecule has 1 N–H and O–H groups in total. The number of hydrogen-bond donors (Lipinski definition) is 1. The Morgan fingerprint density at radius 2 is 1.62 bits per heavy atom. The maximum atomic E-state index is 13.2. The molecule has 0 aromatic heterocycles. The standard InChI is InChI=1S/C21H22N2O9S2/c1-14-7-6-8-15(11-14)33(26,27)22-34(28,29)18-10-5-4-9-17(18)23-13-32-12-16(20(24)30-2)19(23)21(25)31-3/h4-11,22H,12-13H2,1-3H3. The summed E-state index contributed by atoms with van der Waals surface area (Å²) >= 11 is 0. The molecule has 2 aromatic carbocycles. The predicted molar refractivity (Wildman–Crippen MR) is 119 cm³/mol. The van der Waals surface area contributed by atoms with Crippen molar-refractivity contribution in [1.29, 1.82) is 0 Å². The molecular formula is C21H22N2O9S2.